The summed E-state index contributed by atoms with van der Waals surface area (Å²) in [5.41, 5.74) is 6.40. The number of aliphatic hydroxyl groups is 1. The van der Waals surface area contributed by atoms with Crippen LogP contribution in [0, 0.1) is 13.8 Å². The average Bonchev–Trinajstić information content (AvgIpc) is 3.08. The highest BCUT2D eigenvalue weighted by atomic mass is 16.3. The van der Waals surface area contributed by atoms with Gasteiger partial charge in [0.05, 0.1) is 12.6 Å². The zero-order valence-corrected chi connectivity index (χ0v) is 18.5. The number of anilines is 1. The number of hydrogen-bond acceptors (Lipinski definition) is 3. The van der Waals surface area contributed by atoms with E-state index in [-0.39, 0.29) is 0 Å². The third-order valence-corrected chi connectivity index (χ3v) is 6.61. The minimum absolute atomic E-state index is 0.396. The van der Waals surface area contributed by atoms with Gasteiger partial charge in [-0.1, -0.05) is 54.1 Å². The molecule has 1 aliphatic heterocycles. The maximum Gasteiger partial charge on any atom is 0.0845 e. The van der Waals surface area contributed by atoms with Gasteiger partial charge in [0.2, 0.25) is 0 Å². The van der Waals surface area contributed by atoms with Gasteiger partial charge in [0.15, 0.2) is 0 Å². The van der Waals surface area contributed by atoms with Crippen LogP contribution in [0.4, 0.5) is 5.69 Å². The van der Waals surface area contributed by atoms with E-state index in [0.29, 0.717) is 13.1 Å². The molecular weight excluding hydrogens is 382 g/mol. The zero-order chi connectivity index (χ0) is 21.4. The molecule has 0 radical (unpaired) electrons. The number of nitrogens with zero attached hydrogens (tertiary/aromatic N) is 3. The summed E-state index contributed by atoms with van der Waals surface area (Å²) >= 11 is 0. The van der Waals surface area contributed by atoms with Gasteiger partial charge in [-0.25, -0.2) is 0 Å². The Hall–Kier alpha value is -2.82. The molecule has 0 bridgehead atoms. The number of piperazine rings is 1. The predicted octanol–water partition coefficient (Wildman–Crippen LogP) is 4.59. The van der Waals surface area contributed by atoms with Crippen LogP contribution in [-0.4, -0.2) is 53.4 Å². The molecule has 2 heterocycles. The molecule has 1 saturated heterocycles. The minimum Gasteiger partial charge on any atom is -0.390 e. The van der Waals surface area contributed by atoms with Gasteiger partial charge in [-0.3, -0.25) is 4.90 Å². The number of rotatable bonds is 5. The smallest absolute Gasteiger partial charge is 0.0845 e. The largest absolute Gasteiger partial charge is 0.390 e. The predicted molar refractivity (Wildman–Crippen MR) is 130 cm³/mol. The number of benzene rings is 3. The second-order valence-electron chi connectivity index (χ2n) is 8.88. The summed E-state index contributed by atoms with van der Waals surface area (Å²) in [6, 6.07) is 23.7. The Labute approximate surface area is 184 Å². The van der Waals surface area contributed by atoms with Crippen molar-refractivity contribution in [2.45, 2.75) is 26.5 Å². The van der Waals surface area contributed by atoms with Crippen LogP contribution in [0.15, 0.2) is 66.7 Å². The first kappa shape index (κ1) is 20.1. The zero-order valence-electron chi connectivity index (χ0n) is 18.5. The standard InChI is InChI=1S/C27H31N3O/c1-20-11-12-25(21(2)17-20)29-15-13-28(14-16-29)18-22(31)19-30-26-9-5-3-7-23(26)24-8-4-6-10-27(24)30/h3-12,17,22,31H,13-16,18-19H2,1-2H3. The van der Waals surface area contributed by atoms with Crippen LogP contribution in [-0.2, 0) is 6.54 Å². The fourth-order valence-corrected chi connectivity index (χ4v) is 5.10. The molecule has 1 fully saturated rings. The molecule has 0 saturated carbocycles. The van der Waals surface area contributed by atoms with Crippen LogP contribution in [0.3, 0.4) is 0 Å². The van der Waals surface area contributed by atoms with E-state index >= 15 is 0 Å². The third kappa shape index (κ3) is 3.93. The maximum absolute atomic E-state index is 11.0. The Morgan fingerprint density at radius 2 is 1.39 bits per heavy atom. The van der Waals surface area contributed by atoms with E-state index in [1.807, 2.05) is 0 Å². The molecule has 1 atom stereocenters. The number of aromatic nitrogens is 1. The Morgan fingerprint density at radius 3 is 2.00 bits per heavy atom. The lowest BCUT2D eigenvalue weighted by atomic mass is 10.1. The van der Waals surface area contributed by atoms with Gasteiger partial charge in [0.25, 0.3) is 0 Å². The monoisotopic (exact) mass is 413 g/mol. The van der Waals surface area contributed by atoms with Crippen LogP contribution >= 0.6 is 0 Å². The van der Waals surface area contributed by atoms with Gasteiger partial charge in [0.1, 0.15) is 0 Å². The fourth-order valence-electron chi connectivity index (χ4n) is 5.10. The van der Waals surface area contributed by atoms with Gasteiger partial charge in [0, 0.05) is 60.2 Å². The van der Waals surface area contributed by atoms with Gasteiger partial charge in [-0.2, -0.15) is 0 Å². The Morgan fingerprint density at radius 1 is 0.774 bits per heavy atom. The summed E-state index contributed by atoms with van der Waals surface area (Å²) in [6.45, 7) is 9.65. The van der Waals surface area contributed by atoms with Crippen LogP contribution in [0.1, 0.15) is 11.1 Å². The first-order valence-corrected chi connectivity index (χ1v) is 11.3. The van der Waals surface area contributed by atoms with Crippen molar-refractivity contribution in [2.24, 2.45) is 0 Å². The van der Waals surface area contributed by atoms with E-state index in [9.17, 15) is 5.11 Å². The fraction of sp³-hybridized carbons (Fsp3) is 0.333. The van der Waals surface area contributed by atoms with E-state index in [1.54, 1.807) is 0 Å². The molecule has 0 spiro atoms. The second kappa shape index (κ2) is 8.37. The molecule has 31 heavy (non-hydrogen) atoms. The molecule has 3 aromatic carbocycles. The van der Waals surface area contributed by atoms with Gasteiger partial charge >= 0.3 is 0 Å². The lowest BCUT2D eigenvalue weighted by Crippen LogP contribution is -2.49. The summed E-state index contributed by atoms with van der Waals surface area (Å²) in [4.78, 5) is 4.88. The summed E-state index contributed by atoms with van der Waals surface area (Å²) in [7, 11) is 0. The molecule has 160 valence electrons. The van der Waals surface area contributed by atoms with E-state index in [4.69, 9.17) is 0 Å². The number of β-amino-alcohol motifs (C(OH)–C–C–N with tert-alkyl or cyclic N) is 1. The Bertz CT molecular complexity index is 1150. The minimum atomic E-state index is -0.396. The van der Waals surface area contributed by atoms with E-state index in [1.165, 1.54) is 38.6 Å². The number of aryl methyl sites for hydroxylation is 2. The van der Waals surface area contributed by atoms with E-state index in [0.717, 1.165) is 26.2 Å². The number of fused-ring (bicyclic) bond motifs is 3. The molecule has 1 aromatic heterocycles. The second-order valence-corrected chi connectivity index (χ2v) is 8.88. The Balaban J connectivity index is 1.26. The van der Waals surface area contributed by atoms with E-state index in [2.05, 4.69) is 94.9 Å². The molecule has 4 nitrogen and oxygen atoms in total. The Kier molecular flexibility index (Phi) is 5.43. The van der Waals surface area contributed by atoms with Crippen molar-refractivity contribution in [1.29, 1.82) is 0 Å². The summed E-state index contributed by atoms with van der Waals surface area (Å²) < 4.78 is 2.28. The van der Waals surface area contributed by atoms with Crippen LogP contribution in [0.2, 0.25) is 0 Å². The average molecular weight is 414 g/mol. The molecule has 1 N–H and O–H groups in total. The highest BCUT2D eigenvalue weighted by molar-refractivity contribution is 6.07. The molecule has 4 aromatic rings. The number of hydrogen-bond donors (Lipinski definition) is 1. The van der Waals surface area contributed by atoms with Crippen molar-refractivity contribution in [3.05, 3.63) is 77.9 Å². The molecule has 1 aliphatic rings. The normalized spacial score (nSPS) is 16.3. The molecule has 4 heteroatoms. The van der Waals surface area contributed by atoms with Crippen LogP contribution in [0.5, 0.6) is 0 Å². The summed E-state index contributed by atoms with van der Waals surface area (Å²) in [5.74, 6) is 0. The number of para-hydroxylation sites is 2. The molecule has 0 amide bonds. The van der Waals surface area contributed by atoms with Crippen LogP contribution < -0.4 is 4.90 Å². The SMILES string of the molecule is Cc1ccc(N2CCN(CC(O)Cn3c4ccccc4c4ccccc43)CC2)c(C)c1. The van der Waals surface area contributed by atoms with Crippen molar-refractivity contribution >= 4 is 27.5 Å². The molecule has 0 aliphatic carbocycles. The van der Waals surface area contributed by atoms with E-state index < -0.39 is 6.10 Å². The summed E-state index contributed by atoms with van der Waals surface area (Å²) in [5, 5.41) is 13.5. The van der Waals surface area contributed by atoms with Gasteiger partial charge in [-0.15, -0.1) is 0 Å². The highest BCUT2D eigenvalue weighted by Crippen LogP contribution is 2.29. The number of aliphatic hydroxyl groups excluding tert-OH is 1. The van der Waals surface area contributed by atoms with Crippen molar-refractivity contribution < 1.29 is 5.11 Å². The van der Waals surface area contributed by atoms with Crippen LogP contribution in [0.25, 0.3) is 21.8 Å². The van der Waals surface area contributed by atoms with Crippen molar-refractivity contribution in [3.8, 4) is 0 Å². The van der Waals surface area contributed by atoms with Gasteiger partial charge in [-0.05, 0) is 37.6 Å². The van der Waals surface area contributed by atoms with Crippen molar-refractivity contribution in [3.63, 3.8) is 0 Å². The summed E-state index contributed by atoms with van der Waals surface area (Å²) in [6.07, 6.45) is -0.396. The molecule has 1 unspecified atom stereocenters. The first-order chi connectivity index (χ1) is 15.1. The maximum atomic E-state index is 11.0. The van der Waals surface area contributed by atoms with Gasteiger partial charge < -0.3 is 14.6 Å². The first-order valence-electron chi connectivity index (χ1n) is 11.3. The third-order valence-electron chi connectivity index (χ3n) is 6.61. The van der Waals surface area contributed by atoms with Crippen molar-refractivity contribution in [1.82, 2.24) is 9.47 Å². The van der Waals surface area contributed by atoms with Crippen molar-refractivity contribution in [2.75, 3.05) is 37.6 Å². The highest BCUT2D eigenvalue weighted by Gasteiger charge is 2.21. The lowest BCUT2D eigenvalue weighted by Gasteiger charge is -2.37. The molecule has 5 rings (SSSR count). The quantitative estimate of drug-likeness (QED) is 0.519. The lowest BCUT2D eigenvalue weighted by molar-refractivity contribution is 0.0969. The topological polar surface area (TPSA) is 31.6 Å². The molecular formula is C27H31N3O.